The van der Waals surface area contributed by atoms with E-state index in [0.29, 0.717) is 12.4 Å². The Balaban J connectivity index is 1.66. The number of hydrogen-bond donors (Lipinski definition) is 1. The van der Waals surface area contributed by atoms with Gasteiger partial charge in [0, 0.05) is 15.9 Å². The summed E-state index contributed by atoms with van der Waals surface area (Å²) in [4.78, 5) is 12.4. The number of benzene rings is 2. The van der Waals surface area contributed by atoms with Gasteiger partial charge in [-0.3, -0.25) is 14.9 Å². The first-order chi connectivity index (χ1) is 14.0. The van der Waals surface area contributed by atoms with Crippen molar-refractivity contribution in [3.63, 3.8) is 0 Å². The van der Waals surface area contributed by atoms with Crippen LogP contribution in [0.25, 0.3) is 6.08 Å². The lowest BCUT2D eigenvalue weighted by molar-refractivity contribution is -0.113. The van der Waals surface area contributed by atoms with Crippen LogP contribution >= 0.6 is 15.9 Å². The molecule has 3 aromatic rings. The van der Waals surface area contributed by atoms with Crippen molar-refractivity contribution in [2.75, 3.05) is 5.43 Å². The maximum atomic E-state index is 12.4. The van der Waals surface area contributed by atoms with Gasteiger partial charge < -0.3 is 4.74 Å². The summed E-state index contributed by atoms with van der Waals surface area (Å²) in [6, 6.07) is 21.0. The normalized spacial score (nSPS) is 11.0. The Hall–Kier alpha value is -3.30. The fourth-order valence-corrected chi connectivity index (χ4v) is 2.99. The number of nitrogens with zero attached hydrogens (tertiary/aromatic N) is 2. The molecule has 5 nitrogen and oxygen atoms in total. The third-order valence-corrected chi connectivity index (χ3v) is 4.89. The largest absolute Gasteiger partial charge is 0.489 e. The van der Waals surface area contributed by atoms with E-state index >= 15 is 0 Å². The molecule has 1 aromatic heterocycles. The van der Waals surface area contributed by atoms with Crippen molar-refractivity contribution < 1.29 is 9.53 Å². The van der Waals surface area contributed by atoms with Crippen LogP contribution in [0, 0.1) is 25.2 Å². The van der Waals surface area contributed by atoms with E-state index in [1.165, 1.54) is 0 Å². The van der Waals surface area contributed by atoms with Gasteiger partial charge in [-0.25, -0.2) is 0 Å². The van der Waals surface area contributed by atoms with Crippen LogP contribution in [0.1, 0.15) is 22.5 Å². The second-order valence-electron chi connectivity index (χ2n) is 6.55. The maximum absolute atomic E-state index is 12.4. The summed E-state index contributed by atoms with van der Waals surface area (Å²) in [5.74, 6) is 0.261. The lowest BCUT2D eigenvalue weighted by atomic mass is 10.1. The number of aromatic nitrogens is 1. The van der Waals surface area contributed by atoms with E-state index in [4.69, 9.17) is 4.74 Å². The average molecular weight is 450 g/mol. The van der Waals surface area contributed by atoms with Gasteiger partial charge in [-0.2, -0.15) is 5.26 Å². The lowest BCUT2D eigenvalue weighted by Gasteiger charge is -2.10. The Kier molecular flexibility index (Phi) is 6.53. The van der Waals surface area contributed by atoms with Crippen LogP contribution in [0.4, 0.5) is 0 Å². The number of nitrogens with one attached hydrogen (secondary N) is 1. The molecule has 0 aliphatic heterocycles. The van der Waals surface area contributed by atoms with E-state index in [1.54, 1.807) is 10.8 Å². The highest BCUT2D eigenvalue weighted by Gasteiger charge is 2.11. The zero-order valence-corrected chi connectivity index (χ0v) is 17.7. The second kappa shape index (κ2) is 9.26. The fraction of sp³-hybridized carbons (Fsp3) is 0.130. The predicted octanol–water partition coefficient (Wildman–Crippen LogP) is 5.12. The Morgan fingerprint density at radius 3 is 2.28 bits per heavy atom. The molecule has 29 heavy (non-hydrogen) atoms. The summed E-state index contributed by atoms with van der Waals surface area (Å²) in [7, 11) is 0. The van der Waals surface area contributed by atoms with Gasteiger partial charge in [0.2, 0.25) is 0 Å². The molecule has 1 heterocycles. The number of ether oxygens (including phenoxy) is 1. The molecule has 0 saturated carbocycles. The molecule has 0 unspecified atom stereocenters. The smallest absolute Gasteiger partial charge is 0.280 e. The first kappa shape index (κ1) is 20.4. The van der Waals surface area contributed by atoms with Crippen LogP contribution in [-0.2, 0) is 11.4 Å². The van der Waals surface area contributed by atoms with Crippen molar-refractivity contribution in [3.8, 4) is 11.8 Å². The highest BCUT2D eigenvalue weighted by atomic mass is 79.9. The van der Waals surface area contributed by atoms with Crippen LogP contribution in [0.3, 0.4) is 0 Å². The molecular weight excluding hydrogens is 430 g/mol. The van der Waals surface area contributed by atoms with Gasteiger partial charge in [-0.1, -0.05) is 40.2 Å². The standard InChI is InChI=1S/C23H20BrN3O2/c1-16-3-4-17(2)27(16)26-23(28)20(14-25)13-18-7-11-22(12-8-18)29-15-19-5-9-21(24)10-6-19/h3-13H,15H2,1-2H3,(H,26,28)/b20-13-. The SMILES string of the molecule is Cc1ccc(C)n1NC(=O)/C(C#N)=C\c1ccc(OCc2ccc(Br)cc2)cc1. The average Bonchev–Trinajstić information content (AvgIpc) is 3.04. The number of amides is 1. The van der Waals surface area contributed by atoms with Gasteiger partial charge >= 0.3 is 0 Å². The van der Waals surface area contributed by atoms with Gasteiger partial charge in [0.05, 0.1) is 0 Å². The monoisotopic (exact) mass is 449 g/mol. The third kappa shape index (κ3) is 5.37. The Labute approximate surface area is 178 Å². The number of hydrogen-bond acceptors (Lipinski definition) is 3. The molecule has 0 spiro atoms. The van der Waals surface area contributed by atoms with E-state index in [2.05, 4.69) is 21.4 Å². The van der Waals surface area contributed by atoms with Crippen molar-refractivity contribution in [2.24, 2.45) is 0 Å². The van der Waals surface area contributed by atoms with Crippen molar-refractivity contribution in [1.29, 1.82) is 5.26 Å². The first-order valence-electron chi connectivity index (χ1n) is 9.01. The minimum absolute atomic E-state index is 0.0287. The number of nitriles is 1. The molecule has 146 valence electrons. The van der Waals surface area contributed by atoms with Gasteiger partial charge in [0.25, 0.3) is 5.91 Å². The highest BCUT2D eigenvalue weighted by molar-refractivity contribution is 9.10. The minimum Gasteiger partial charge on any atom is -0.489 e. The van der Waals surface area contributed by atoms with Gasteiger partial charge in [0.1, 0.15) is 24.0 Å². The Bertz CT molecular complexity index is 1060. The van der Waals surface area contributed by atoms with Crippen molar-refractivity contribution >= 4 is 27.9 Å². The van der Waals surface area contributed by atoms with Crippen LogP contribution in [0.15, 0.2) is 70.7 Å². The molecule has 0 bridgehead atoms. The van der Waals surface area contributed by atoms with E-state index in [0.717, 1.165) is 27.0 Å². The Morgan fingerprint density at radius 2 is 1.69 bits per heavy atom. The van der Waals surface area contributed by atoms with Gasteiger partial charge in [-0.15, -0.1) is 0 Å². The van der Waals surface area contributed by atoms with Crippen molar-refractivity contribution in [2.45, 2.75) is 20.5 Å². The molecule has 0 aliphatic rings. The quantitative estimate of drug-likeness (QED) is 0.419. The molecule has 1 N–H and O–H groups in total. The number of carbonyl (C=O) groups is 1. The summed E-state index contributed by atoms with van der Waals surface area (Å²) in [5.41, 5.74) is 6.36. The number of rotatable bonds is 6. The van der Waals surface area contributed by atoms with E-state index < -0.39 is 5.91 Å². The van der Waals surface area contributed by atoms with Gasteiger partial charge in [0.15, 0.2) is 0 Å². The summed E-state index contributed by atoms with van der Waals surface area (Å²) in [6.07, 6.45) is 1.56. The molecule has 0 atom stereocenters. The number of halogens is 1. The van der Waals surface area contributed by atoms with Crippen LogP contribution in [0.2, 0.25) is 0 Å². The van der Waals surface area contributed by atoms with Gasteiger partial charge in [-0.05, 0) is 67.4 Å². The zero-order valence-electron chi connectivity index (χ0n) is 16.1. The topological polar surface area (TPSA) is 67.0 Å². The molecule has 0 saturated heterocycles. The molecule has 0 aliphatic carbocycles. The molecule has 1 amide bonds. The lowest BCUT2D eigenvalue weighted by Crippen LogP contribution is -2.25. The number of aryl methyl sites for hydroxylation is 2. The Morgan fingerprint density at radius 1 is 1.07 bits per heavy atom. The molecule has 0 fully saturated rings. The van der Waals surface area contributed by atoms with Crippen LogP contribution < -0.4 is 10.2 Å². The molecular formula is C23H20BrN3O2. The van der Waals surface area contributed by atoms with Crippen molar-refractivity contribution in [1.82, 2.24) is 4.68 Å². The minimum atomic E-state index is -0.453. The predicted molar refractivity (Wildman–Crippen MR) is 117 cm³/mol. The summed E-state index contributed by atoms with van der Waals surface area (Å²) in [5, 5.41) is 9.39. The highest BCUT2D eigenvalue weighted by Crippen LogP contribution is 2.17. The molecule has 6 heteroatoms. The molecule has 0 radical (unpaired) electrons. The molecule has 2 aromatic carbocycles. The maximum Gasteiger partial charge on any atom is 0.280 e. The van der Waals surface area contributed by atoms with Crippen LogP contribution in [-0.4, -0.2) is 10.6 Å². The summed E-state index contributed by atoms with van der Waals surface area (Å²) >= 11 is 3.41. The van der Waals surface area contributed by atoms with E-state index in [1.807, 2.05) is 80.6 Å². The van der Waals surface area contributed by atoms with Crippen LogP contribution in [0.5, 0.6) is 5.75 Å². The van der Waals surface area contributed by atoms with Crippen molar-refractivity contribution in [3.05, 3.63) is 93.2 Å². The second-order valence-corrected chi connectivity index (χ2v) is 7.46. The number of carbonyl (C=O) groups excluding carboxylic acids is 1. The summed E-state index contributed by atoms with van der Waals surface area (Å²) in [6.45, 7) is 4.23. The fourth-order valence-electron chi connectivity index (χ4n) is 2.73. The third-order valence-electron chi connectivity index (χ3n) is 4.36. The first-order valence-corrected chi connectivity index (χ1v) is 9.81. The van der Waals surface area contributed by atoms with E-state index in [9.17, 15) is 10.1 Å². The van der Waals surface area contributed by atoms with E-state index in [-0.39, 0.29) is 5.57 Å². The zero-order chi connectivity index (χ0) is 20.8. The molecule has 3 rings (SSSR count). The summed E-state index contributed by atoms with van der Waals surface area (Å²) < 4.78 is 8.46.